The summed E-state index contributed by atoms with van der Waals surface area (Å²) in [5, 5.41) is 11.1. The number of rotatable bonds is 4. The number of anilines is 1. The first kappa shape index (κ1) is 15.2. The Labute approximate surface area is 120 Å². The van der Waals surface area contributed by atoms with E-state index in [2.05, 4.69) is 4.74 Å². The normalized spacial score (nSPS) is 17.9. The van der Waals surface area contributed by atoms with Gasteiger partial charge in [-0.1, -0.05) is 0 Å². The third-order valence-electron chi connectivity index (χ3n) is 3.49. The van der Waals surface area contributed by atoms with Crippen LogP contribution in [0.15, 0.2) is 12.1 Å². The highest BCUT2D eigenvalue weighted by Crippen LogP contribution is 2.33. The number of nitro benzene ring substituents is 1. The standard InChI is InChI=1S/C13H15FN2O5/c1-20-8-3-4-15(7-8)11-5-9(13(17)21-2)10(14)6-12(11)16(18)19/h5-6,8H,3-4,7H2,1-2H3. The zero-order valence-electron chi connectivity index (χ0n) is 11.7. The van der Waals surface area contributed by atoms with Crippen molar-refractivity contribution in [2.24, 2.45) is 0 Å². The highest BCUT2D eigenvalue weighted by molar-refractivity contribution is 5.92. The molecule has 0 aromatic heterocycles. The number of benzene rings is 1. The van der Waals surface area contributed by atoms with Gasteiger partial charge in [0, 0.05) is 20.2 Å². The van der Waals surface area contributed by atoms with Crippen LogP contribution >= 0.6 is 0 Å². The van der Waals surface area contributed by atoms with Gasteiger partial charge in [-0.3, -0.25) is 10.1 Å². The number of halogens is 1. The molecule has 1 saturated heterocycles. The van der Waals surface area contributed by atoms with Gasteiger partial charge in [0.1, 0.15) is 11.5 Å². The lowest BCUT2D eigenvalue weighted by Gasteiger charge is -2.19. The maximum Gasteiger partial charge on any atom is 0.340 e. The molecule has 0 bridgehead atoms. The first-order valence-corrected chi connectivity index (χ1v) is 6.32. The van der Waals surface area contributed by atoms with Gasteiger partial charge in [-0.15, -0.1) is 0 Å². The van der Waals surface area contributed by atoms with Crippen LogP contribution in [0.1, 0.15) is 16.8 Å². The Balaban J connectivity index is 2.46. The van der Waals surface area contributed by atoms with Gasteiger partial charge in [-0.2, -0.15) is 0 Å². The molecule has 1 aromatic carbocycles. The summed E-state index contributed by atoms with van der Waals surface area (Å²) in [6.45, 7) is 0.981. The number of methoxy groups -OCH3 is 2. The van der Waals surface area contributed by atoms with E-state index in [9.17, 15) is 19.3 Å². The first-order valence-electron chi connectivity index (χ1n) is 6.32. The van der Waals surface area contributed by atoms with Gasteiger partial charge >= 0.3 is 5.97 Å². The first-order chi connectivity index (χ1) is 9.97. The molecule has 1 aromatic rings. The van der Waals surface area contributed by atoms with Crippen molar-refractivity contribution in [2.75, 3.05) is 32.2 Å². The molecule has 0 amide bonds. The van der Waals surface area contributed by atoms with Crippen LogP contribution in [0.2, 0.25) is 0 Å². The number of carbonyl (C=O) groups is 1. The van der Waals surface area contributed by atoms with Gasteiger partial charge in [0.25, 0.3) is 5.69 Å². The molecule has 7 nitrogen and oxygen atoms in total. The molecule has 1 heterocycles. The number of hydrogen-bond acceptors (Lipinski definition) is 6. The Morgan fingerprint density at radius 2 is 2.19 bits per heavy atom. The van der Waals surface area contributed by atoms with E-state index in [4.69, 9.17) is 4.74 Å². The number of ether oxygens (including phenoxy) is 2. The fraction of sp³-hybridized carbons (Fsp3) is 0.462. The zero-order valence-corrected chi connectivity index (χ0v) is 11.7. The van der Waals surface area contributed by atoms with E-state index in [0.29, 0.717) is 19.5 Å². The van der Waals surface area contributed by atoms with Crippen LogP contribution in [0.25, 0.3) is 0 Å². The monoisotopic (exact) mass is 298 g/mol. The SMILES string of the molecule is COC(=O)c1cc(N2CCC(OC)C2)c([N+](=O)[O-])cc1F. The number of carbonyl (C=O) groups excluding carboxylic acids is 1. The molecule has 2 rings (SSSR count). The molecule has 1 aliphatic heterocycles. The minimum atomic E-state index is -0.972. The molecule has 1 aliphatic rings. The van der Waals surface area contributed by atoms with Crippen molar-refractivity contribution >= 4 is 17.3 Å². The maximum absolute atomic E-state index is 13.8. The largest absolute Gasteiger partial charge is 0.465 e. The van der Waals surface area contributed by atoms with Crippen molar-refractivity contribution in [3.05, 3.63) is 33.6 Å². The van der Waals surface area contributed by atoms with Gasteiger partial charge in [0.2, 0.25) is 0 Å². The summed E-state index contributed by atoms with van der Waals surface area (Å²) in [7, 11) is 2.69. The second-order valence-corrected chi connectivity index (χ2v) is 4.66. The molecule has 0 aliphatic carbocycles. The van der Waals surface area contributed by atoms with Gasteiger partial charge in [-0.25, -0.2) is 9.18 Å². The third kappa shape index (κ3) is 2.94. The fourth-order valence-corrected chi connectivity index (χ4v) is 2.36. The summed E-state index contributed by atoms with van der Waals surface area (Å²) in [4.78, 5) is 23.7. The van der Waals surface area contributed by atoms with Gasteiger partial charge in [-0.05, 0) is 12.5 Å². The molecule has 1 fully saturated rings. The maximum atomic E-state index is 13.8. The Hall–Kier alpha value is -2.22. The Bertz CT molecular complexity index is 578. The van der Waals surface area contributed by atoms with Crippen LogP contribution in [-0.2, 0) is 9.47 Å². The van der Waals surface area contributed by atoms with Crippen LogP contribution in [0.3, 0.4) is 0 Å². The molecule has 0 N–H and O–H groups in total. The minimum Gasteiger partial charge on any atom is -0.465 e. The lowest BCUT2D eigenvalue weighted by atomic mass is 10.1. The summed E-state index contributed by atoms with van der Waals surface area (Å²) in [5.41, 5.74) is -0.503. The molecule has 0 radical (unpaired) electrons. The summed E-state index contributed by atoms with van der Waals surface area (Å²) in [6, 6.07) is 1.92. The predicted molar refractivity (Wildman–Crippen MR) is 72.0 cm³/mol. The topological polar surface area (TPSA) is 81.9 Å². The predicted octanol–water partition coefficient (Wildman–Crippen LogP) is 1.75. The Kier molecular flexibility index (Phi) is 4.37. The van der Waals surface area contributed by atoms with Crippen molar-refractivity contribution in [1.82, 2.24) is 0 Å². The summed E-state index contributed by atoms with van der Waals surface area (Å²) in [6.07, 6.45) is 0.662. The van der Waals surface area contributed by atoms with Gasteiger partial charge in [0.15, 0.2) is 0 Å². The molecular weight excluding hydrogens is 283 g/mol. The number of nitrogens with zero attached hydrogens (tertiary/aromatic N) is 2. The van der Waals surface area contributed by atoms with Gasteiger partial charge < -0.3 is 14.4 Å². The Morgan fingerprint density at radius 1 is 1.48 bits per heavy atom. The van der Waals surface area contributed by atoms with Crippen molar-refractivity contribution in [3.63, 3.8) is 0 Å². The molecule has 8 heteroatoms. The zero-order chi connectivity index (χ0) is 15.6. The summed E-state index contributed by atoms with van der Waals surface area (Å²) < 4.78 is 23.5. The lowest BCUT2D eigenvalue weighted by molar-refractivity contribution is -0.384. The van der Waals surface area contributed by atoms with Crippen LogP contribution in [0.4, 0.5) is 15.8 Å². The number of hydrogen-bond donors (Lipinski definition) is 0. The van der Waals surface area contributed by atoms with Crippen LogP contribution in [0.5, 0.6) is 0 Å². The highest BCUT2D eigenvalue weighted by Gasteiger charge is 2.30. The van der Waals surface area contributed by atoms with Crippen LogP contribution in [0, 0.1) is 15.9 Å². The molecule has 21 heavy (non-hydrogen) atoms. The van der Waals surface area contributed by atoms with E-state index in [-0.39, 0.29) is 23.0 Å². The van der Waals surface area contributed by atoms with Crippen LogP contribution in [-0.4, -0.2) is 44.3 Å². The van der Waals surface area contributed by atoms with Crippen molar-refractivity contribution in [1.29, 1.82) is 0 Å². The van der Waals surface area contributed by atoms with Gasteiger partial charge in [0.05, 0.1) is 29.8 Å². The van der Waals surface area contributed by atoms with E-state index < -0.39 is 16.7 Å². The molecule has 0 saturated carbocycles. The molecule has 0 spiro atoms. The second-order valence-electron chi connectivity index (χ2n) is 4.66. The minimum absolute atomic E-state index is 0.0452. The highest BCUT2D eigenvalue weighted by atomic mass is 19.1. The second kappa shape index (κ2) is 6.04. The summed E-state index contributed by atoms with van der Waals surface area (Å²) >= 11 is 0. The lowest BCUT2D eigenvalue weighted by Crippen LogP contribution is -2.23. The van der Waals surface area contributed by atoms with Crippen molar-refractivity contribution < 1.29 is 23.6 Å². The quantitative estimate of drug-likeness (QED) is 0.478. The molecule has 1 unspecified atom stereocenters. The van der Waals surface area contributed by atoms with E-state index in [1.807, 2.05) is 0 Å². The summed E-state index contributed by atoms with van der Waals surface area (Å²) in [5.74, 6) is -1.84. The smallest absolute Gasteiger partial charge is 0.340 e. The molecular formula is C13H15FN2O5. The van der Waals surface area contributed by atoms with E-state index in [1.165, 1.54) is 0 Å². The molecule has 1 atom stereocenters. The average molecular weight is 298 g/mol. The van der Waals surface area contributed by atoms with E-state index in [1.54, 1.807) is 12.0 Å². The fourth-order valence-electron chi connectivity index (χ4n) is 2.36. The number of nitro groups is 1. The Morgan fingerprint density at radius 3 is 2.71 bits per heavy atom. The van der Waals surface area contributed by atoms with Crippen LogP contribution < -0.4 is 4.90 Å². The average Bonchev–Trinajstić information content (AvgIpc) is 2.94. The van der Waals surface area contributed by atoms with E-state index >= 15 is 0 Å². The van der Waals surface area contributed by atoms with E-state index in [0.717, 1.165) is 19.2 Å². The molecule has 114 valence electrons. The number of esters is 1. The van der Waals surface area contributed by atoms with Crippen molar-refractivity contribution in [3.8, 4) is 0 Å². The third-order valence-corrected chi connectivity index (χ3v) is 3.49. The van der Waals surface area contributed by atoms with Crippen molar-refractivity contribution in [2.45, 2.75) is 12.5 Å².